The lowest BCUT2D eigenvalue weighted by atomic mass is 10.1. The van der Waals surface area contributed by atoms with Crippen LogP contribution in [0.3, 0.4) is 0 Å². The number of aromatic nitrogens is 2. The molecule has 0 spiro atoms. The Hall–Kier alpha value is -1.68. The monoisotopic (exact) mass is 231 g/mol. The zero-order chi connectivity index (χ0) is 12.5. The zero-order valence-electron chi connectivity index (χ0n) is 10.4. The van der Waals surface area contributed by atoms with E-state index in [1.807, 2.05) is 13.8 Å². The summed E-state index contributed by atoms with van der Waals surface area (Å²) in [7, 11) is 0. The van der Waals surface area contributed by atoms with Crippen LogP contribution in [0.25, 0.3) is 0 Å². The highest BCUT2D eigenvalue weighted by molar-refractivity contribution is 5.23. The van der Waals surface area contributed by atoms with Gasteiger partial charge in [-0.15, -0.1) is 0 Å². The lowest BCUT2D eigenvalue weighted by Gasteiger charge is -2.11. The van der Waals surface area contributed by atoms with Gasteiger partial charge in [-0.05, 0) is 26.3 Å². The summed E-state index contributed by atoms with van der Waals surface area (Å²) >= 11 is 0. The Morgan fingerprint density at radius 2 is 1.88 bits per heavy atom. The SMILES string of the molecule is Cc1ccc(Cc2nc(C(C)(C)N)no2)cc1. The molecule has 0 saturated carbocycles. The van der Waals surface area contributed by atoms with Gasteiger partial charge < -0.3 is 10.3 Å². The number of nitrogens with zero attached hydrogens (tertiary/aromatic N) is 2. The third kappa shape index (κ3) is 2.91. The van der Waals surface area contributed by atoms with Crippen molar-refractivity contribution >= 4 is 0 Å². The highest BCUT2D eigenvalue weighted by atomic mass is 16.5. The molecule has 0 amide bonds. The van der Waals surface area contributed by atoms with Crippen LogP contribution < -0.4 is 5.73 Å². The predicted molar refractivity (Wildman–Crippen MR) is 65.5 cm³/mol. The number of rotatable bonds is 3. The lowest BCUT2D eigenvalue weighted by Crippen LogP contribution is -2.30. The molecule has 0 bridgehead atoms. The second kappa shape index (κ2) is 4.30. The molecule has 0 fully saturated rings. The Labute approximate surface area is 101 Å². The van der Waals surface area contributed by atoms with Crippen LogP contribution in [-0.2, 0) is 12.0 Å². The minimum absolute atomic E-state index is 0.541. The highest BCUT2D eigenvalue weighted by Crippen LogP contribution is 2.15. The summed E-state index contributed by atoms with van der Waals surface area (Å²) in [6, 6.07) is 8.26. The van der Waals surface area contributed by atoms with Crippen LogP contribution in [0, 0.1) is 6.92 Å². The van der Waals surface area contributed by atoms with Gasteiger partial charge in [0.1, 0.15) is 0 Å². The van der Waals surface area contributed by atoms with Gasteiger partial charge >= 0.3 is 0 Å². The second-order valence-corrected chi connectivity index (χ2v) is 4.90. The van der Waals surface area contributed by atoms with Gasteiger partial charge in [-0.25, -0.2) is 0 Å². The average molecular weight is 231 g/mol. The molecule has 0 aliphatic carbocycles. The van der Waals surface area contributed by atoms with Crippen LogP contribution in [0.4, 0.5) is 0 Å². The maximum atomic E-state index is 5.90. The van der Waals surface area contributed by atoms with Crippen LogP contribution in [0.1, 0.15) is 36.7 Å². The van der Waals surface area contributed by atoms with Crippen molar-refractivity contribution in [3.63, 3.8) is 0 Å². The predicted octanol–water partition coefficient (Wildman–Crippen LogP) is 2.16. The normalized spacial score (nSPS) is 11.8. The second-order valence-electron chi connectivity index (χ2n) is 4.90. The van der Waals surface area contributed by atoms with E-state index in [4.69, 9.17) is 10.3 Å². The number of aryl methyl sites for hydroxylation is 1. The first-order valence-corrected chi connectivity index (χ1v) is 5.62. The molecule has 0 atom stereocenters. The van der Waals surface area contributed by atoms with Crippen molar-refractivity contribution in [1.82, 2.24) is 10.1 Å². The van der Waals surface area contributed by atoms with E-state index in [2.05, 4.69) is 41.3 Å². The van der Waals surface area contributed by atoms with Crippen LogP contribution in [-0.4, -0.2) is 10.1 Å². The minimum Gasteiger partial charge on any atom is -0.339 e. The van der Waals surface area contributed by atoms with E-state index < -0.39 is 5.54 Å². The summed E-state index contributed by atoms with van der Waals surface area (Å²) in [4.78, 5) is 4.30. The maximum Gasteiger partial charge on any atom is 0.231 e. The van der Waals surface area contributed by atoms with Crippen molar-refractivity contribution in [1.29, 1.82) is 0 Å². The molecule has 0 aliphatic heterocycles. The first-order valence-electron chi connectivity index (χ1n) is 5.62. The molecular formula is C13H17N3O. The fraction of sp³-hybridized carbons (Fsp3) is 0.385. The Morgan fingerprint density at radius 1 is 1.24 bits per heavy atom. The van der Waals surface area contributed by atoms with Gasteiger partial charge in [-0.1, -0.05) is 35.0 Å². The van der Waals surface area contributed by atoms with Gasteiger partial charge in [0.2, 0.25) is 5.89 Å². The van der Waals surface area contributed by atoms with Crippen molar-refractivity contribution in [2.45, 2.75) is 32.7 Å². The third-order valence-electron chi connectivity index (χ3n) is 2.52. The van der Waals surface area contributed by atoms with Crippen molar-refractivity contribution in [2.75, 3.05) is 0 Å². The molecule has 0 radical (unpaired) electrons. The molecule has 17 heavy (non-hydrogen) atoms. The van der Waals surface area contributed by atoms with Gasteiger partial charge in [-0.2, -0.15) is 4.98 Å². The van der Waals surface area contributed by atoms with Gasteiger partial charge in [0.05, 0.1) is 12.0 Å². The fourth-order valence-electron chi connectivity index (χ4n) is 1.47. The summed E-state index contributed by atoms with van der Waals surface area (Å²) in [6.07, 6.45) is 0.642. The molecule has 4 heteroatoms. The molecule has 1 aromatic carbocycles. The number of benzene rings is 1. The molecule has 4 nitrogen and oxygen atoms in total. The van der Waals surface area contributed by atoms with Crippen LogP contribution in [0.5, 0.6) is 0 Å². The first kappa shape index (κ1) is 11.8. The van der Waals surface area contributed by atoms with Crippen molar-refractivity contribution in [2.24, 2.45) is 5.73 Å². The Balaban J connectivity index is 2.14. The fourth-order valence-corrected chi connectivity index (χ4v) is 1.47. The van der Waals surface area contributed by atoms with E-state index >= 15 is 0 Å². The maximum absolute atomic E-state index is 5.90. The average Bonchev–Trinajstić information content (AvgIpc) is 2.69. The molecule has 1 aromatic heterocycles. The smallest absolute Gasteiger partial charge is 0.231 e. The largest absolute Gasteiger partial charge is 0.339 e. The highest BCUT2D eigenvalue weighted by Gasteiger charge is 2.21. The summed E-state index contributed by atoms with van der Waals surface area (Å²) in [5.41, 5.74) is 7.73. The van der Waals surface area contributed by atoms with E-state index in [9.17, 15) is 0 Å². The molecule has 0 aliphatic rings. The summed E-state index contributed by atoms with van der Waals surface area (Å²) < 4.78 is 5.18. The molecule has 1 heterocycles. The van der Waals surface area contributed by atoms with Gasteiger partial charge in [-0.3, -0.25) is 0 Å². The zero-order valence-corrected chi connectivity index (χ0v) is 10.4. The molecule has 0 unspecified atom stereocenters. The molecule has 90 valence electrons. The molecule has 2 N–H and O–H groups in total. The van der Waals surface area contributed by atoms with E-state index in [1.165, 1.54) is 5.56 Å². The summed E-state index contributed by atoms with van der Waals surface area (Å²) in [5.74, 6) is 1.14. The Kier molecular flexibility index (Phi) is 2.98. The topological polar surface area (TPSA) is 64.9 Å². The van der Waals surface area contributed by atoms with Crippen LogP contribution in [0.2, 0.25) is 0 Å². The van der Waals surface area contributed by atoms with Crippen LogP contribution >= 0.6 is 0 Å². The van der Waals surface area contributed by atoms with Crippen molar-refractivity contribution in [3.8, 4) is 0 Å². The summed E-state index contributed by atoms with van der Waals surface area (Å²) in [5, 5.41) is 3.89. The quantitative estimate of drug-likeness (QED) is 0.879. The van der Waals surface area contributed by atoms with Crippen molar-refractivity contribution < 1.29 is 4.52 Å². The molecule has 0 saturated heterocycles. The molecular weight excluding hydrogens is 214 g/mol. The summed E-state index contributed by atoms with van der Waals surface area (Å²) in [6.45, 7) is 5.77. The van der Waals surface area contributed by atoms with E-state index in [1.54, 1.807) is 0 Å². The van der Waals surface area contributed by atoms with Crippen molar-refractivity contribution in [3.05, 3.63) is 47.1 Å². The van der Waals surface area contributed by atoms with E-state index in [-0.39, 0.29) is 0 Å². The Morgan fingerprint density at radius 3 is 2.41 bits per heavy atom. The van der Waals surface area contributed by atoms with Gasteiger partial charge in [0.15, 0.2) is 5.82 Å². The number of nitrogens with two attached hydrogens (primary N) is 1. The first-order chi connectivity index (χ1) is 7.95. The lowest BCUT2D eigenvalue weighted by molar-refractivity contribution is 0.365. The van der Waals surface area contributed by atoms with Gasteiger partial charge in [0.25, 0.3) is 0 Å². The third-order valence-corrected chi connectivity index (χ3v) is 2.52. The van der Waals surface area contributed by atoms with E-state index in [0.717, 1.165) is 5.56 Å². The molecule has 2 aromatic rings. The minimum atomic E-state index is -0.560. The standard InChI is InChI=1S/C13H17N3O/c1-9-4-6-10(7-5-9)8-11-15-12(16-17-11)13(2,3)14/h4-7H,8,14H2,1-3H3. The Bertz CT molecular complexity index is 494. The molecule has 2 rings (SSSR count). The van der Waals surface area contributed by atoms with Crippen LogP contribution in [0.15, 0.2) is 28.8 Å². The van der Waals surface area contributed by atoms with Gasteiger partial charge in [0, 0.05) is 0 Å². The number of hydrogen-bond acceptors (Lipinski definition) is 4. The number of hydrogen-bond donors (Lipinski definition) is 1. The van der Waals surface area contributed by atoms with E-state index in [0.29, 0.717) is 18.1 Å².